The monoisotopic (exact) mass is 374 g/mol. The first-order chi connectivity index (χ1) is 12.5. The maximum absolute atomic E-state index is 12.3. The molecular formula is C19H22N2O4S. The van der Waals surface area contributed by atoms with E-state index in [0.29, 0.717) is 36.5 Å². The lowest BCUT2D eigenvalue weighted by Gasteiger charge is -2.17. The lowest BCUT2D eigenvalue weighted by Crippen LogP contribution is -2.24. The van der Waals surface area contributed by atoms with E-state index in [-0.39, 0.29) is 11.7 Å². The molecule has 0 aliphatic carbocycles. The highest BCUT2D eigenvalue weighted by atomic mass is 32.2. The maximum Gasteiger partial charge on any atom is 0.255 e. The van der Waals surface area contributed by atoms with Gasteiger partial charge in [0.2, 0.25) is 10.0 Å². The molecule has 3 rings (SSSR count). The Hall–Kier alpha value is -2.54. The first kappa shape index (κ1) is 18.3. The molecule has 2 aromatic rings. The fraction of sp³-hybridized carbons (Fsp3) is 0.316. The molecule has 1 aliphatic heterocycles. The molecule has 0 aromatic heterocycles. The molecule has 0 spiro atoms. The summed E-state index contributed by atoms with van der Waals surface area (Å²) in [5.74, 6) is 0.692. The number of sulfonamides is 1. The van der Waals surface area contributed by atoms with Crippen molar-refractivity contribution in [2.45, 2.75) is 19.8 Å². The van der Waals surface area contributed by atoms with Gasteiger partial charge < -0.3 is 10.1 Å². The maximum atomic E-state index is 12.3. The van der Waals surface area contributed by atoms with Crippen molar-refractivity contribution in [3.05, 3.63) is 54.1 Å². The third-order valence-electron chi connectivity index (χ3n) is 4.10. The second-order valence-electron chi connectivity index (χ2n) is 6.12. The van der Waals surface area contributed by atoms with Crippen molar-refractivity contribution in [2.24, 2.45) is 0 Å². The predicted octanol–water partition coefficient (Wildman–Crippen LogP) is 3.27. The smallest absolute Gasteiger partial charge is 0.255 e. The molecule has 0 bridgehead atoms. The molecule has 1 heterocycles. The molecule has 0 unspecified atom stereocenters. The van der Waals surface area contributed by atoms with Gasteiger partial charge in [-0.05, 0) is 61.4 Å². The van der Waals surface area contributed by atoms with E-state index in [1.807, 2.05) is 6.92 Å². The number of carbonyl (C=O) groups excluding carboxylic acids is 1. The van der Waals surface area contributed by atoms with Gasteiger partial charge in [-0.25, -0.2) is 8.42 Å². The van der Waals surface area contributed by atoms with Crippen molar-refractivity contribution in [1.82, 2.24) is 0 Å². The Labute approximate surface area is 153 Å². The van der Waals surface area contributed by atoms with Crippen molar-refractivity contribution < 1.29 is 17.9 Å². The number of benzene rings is 2. The first-order valence-corrected chi connectivity index (χ1v) is 10.3. The summed E-state index contributed by atoms with van der Waals surface area (Å²) in [5.41, 5.74) is 1.76. The van der Waals surface area contributed by atoms with Crippen molar-refractivity contribution in [3.63, 3.8) is 0 Å². The molecule has 1 aliphatic rings. The summed E-state index contributed by atoms with van der Waals surface area (Å²) < 4.78 is 30.8. The number of nitrogens with zero attached hydrogens (tertiary/aromatic N) is 1. The average molecular weight is 374 g/mol. The van der Waals surface area contributed by atoms with E-state index in [2.05, 4.69) is 5.32 Å². The Bertz CT molecular complexity index is 861. The van der Waals surface area contributed by atoms with Gasteiger partial charge in [0.1, 0.15) is 5.75 Å². The molecule has 138 valence electrons. The first-order valence-electron chi connectivity index (χ1n) is 8.64. The zero-order valence-electron chi connectivity index (χ0n) is 14.6. The van der Waals surface area contributed by atoms with Gasteiger partial charge in [-0.15, -0.1) is 0 Å². The van der Waals surface area contributed by atoms with Gasteiger partial charge in [-0.3, -0.25) is 9.10 Å². The van der Waals surface area contributed by atoms with Gasteiger partial charge in [0.25, 0.3) is 5.91 Å². The number of nitrogens with one attached hydrogen (secondary N) is 1. The van der Waals surface area contributed by atoms with Crippen LogP contribution in [0.25, 0.3) is 0 Å². The van der Waals surface area contributed by atoms with E-state index in [1.54, 1.807) is 48.5 Å². The highest BCUT2D eigenvalue weighted by Gasteiger charge is 2.28. The van der Waals surface area contributed by atoms with Gasteiger partial charge in [0, 0.05) is 17.8 Å². The van der Waals surface area contributed by atoms with Gasteiger partial charge in [0.05, 0.1) is 18.0 Å². The molecule has 0 atom stereocenters. The zero-order valence-corrected chi connectivity index (χ0v) is 15.5. The molecule has 0 radical (unpaired) electrons. The van der Waals surface area contributed by atoms with Crippen LogP contribution < -0.4 is 14.4 Å². The topological polar surface area (TPSA) is 75.7 Å². The summed E-state index contributed by atoms with van der Waals surface area (Å²) >= 11 is 0. The number of amides is 1. The molecule has 1 amide bonds. The number of rotatable bonds is 6. The van der Waals surface area contributed by atoms with Crippen LogP contribution in [-0.2, 0) is 10.0 Å². The summed E-state index contributed by atoms with van der Waals surface area (Å²) in [5, 5.41) is 2.81. The van der Waals surface area contributed by atoms with Crippen LogP contribution in [0.3, 0.4) is 0 Å². The van der Waals surface area contributed by atoms with Crippen LogP contribution in [0.4, 0.5) is 11.4 Å². The second kappa shape index (κ2) is 7.78. The van der Waals surface area contributed by atoms with Crippen LogP contribution in [0.5, 0.6) is 5.75 Å². The van der Waals surface area contributed by atoms with Crippen LogP contribution in [0.15, 0.2) is 48.5 Å². The number of anilines is 2. The zero-order chi connectivity index (χ0) is 18.6. The van der Waals surface area contributed by atoms with Crippen LogP contribution in [0.1, 0.15) is 30.1 Å². The van der Waals surface area contributed by atoms with Crippen LogP contribution in [0, 0.1) is 0 Å². The lowest BCUT2D eigenvalue weighted by atomic mass is 10.2. The summed E-state index contributed by atoms with van der Waals surface area (Å²) in [4.78, 5) is 12.3. The fourth-order valence-corrected chi connectivity index (χ4v) is 4.33. The molecule has 6 nitrogen and oxygen atoms in total. The molecule has 0 saturated carbocycles. The summed E-state index contributed by atoms with van der Waals surface area (Å²) in [6, 6.07) is 13.8. The van der Waals surface area contributed by atoms with E-state index in [1.165, 1.54) is 4.31 Å². The second-order valence-corrected chi connectivity index (χ2v) is 8.13. The van der Waals surface area contributed by atoms with Gasteiger partial charge in [0.15, 0.2) is 0 Å². The fourth-order valence-electron chi connectivity index (χ4n) is 2.77. The Morgan fingerprint density at radius 2 is 1.81 bits per heavy atom. The standard InChI is InChI=1S/C19H22N2O4S/c1-2-13-25-18-10-4-15(5-11-18)19(22)20-16-6-8-17(9-7-16)21-12-3-14-26(21,23)24/h4-11H,2-3,12-14H2,1H3,(H,20,22). The summed E-state index contributed by atoms with van der Waals surface area (Å²) in [7, 11) is -3.20. The number of hydrogen-bond acceptors (Lipinski definition) is 4. The highest BCUT2D eigenvalue weighted by Crippen LogP contribution is 2.25. The van der Waals surface area contributed by atoms with E-state index in [9.17, 15) is 13.2 Å². The van der Waals surface area contributed by atoms with Crippen molar-refractivity contribution in [3.8, 4) is 5.75 Å². The third-order valence-corrected chi connectivity index (χ3v) is 5.97. The number of ether oxygens (including phenoxy) is 1. The minimum atomic E-state index is -3.20. The molecule has 2 aromatic carbocycles. The van der Waals surface area contributed by atoms with Crippen LogP contribution in [0.2, 0.25) is 0 Å². The van der Waals surface area contributed by atoms with Gasteiger partial charge >= 0.3 is 0 Å². The Morgan fingerprint density at radius 3 is 2.38 bits per heavy atom. The van der Waals surface area contributed by atoms with E-state index < -0.39 is 10.0 Å². The SMILES string of the molecule is CCCOc1ccc(C(=O)Nc2ccc(N3CCCS3(=O)=O)cc2)cc1. The van der Waals surface area contributed by atoms with Crippen LogP contribution in [-0.4, -0.2) is 33.2 Å². The normalized spacial score (nSPS) is 15.7. The summed E-state index contributed by atoms with van der Waals surface area (Å²) in [6.07, 6.45) is 1.57. The predicted molar refractivity (Wildman–Crippen MR) is 102 cm³/mol. The molecule has 1 fully saturated rings. The number of carbonyl (C=O) groups is 1. The molecule has 7 heteroatoms. The van der Waals surface area contributed by atoms with E-state index in [4.69, 9.17) is 4.74 Å². The summed E-state index contributed by atoms with van der Waals surface area (Å²) in [6.45, 7) is 3.18. The van der Waals surface area contributed by atoms with E-state index in [0.717, 1.165) is 12.2 Å². The Balaban J connectivity index is 1.64. The average Bonchev–Trinajstić information content (AvgIpc) is 3.00. The minimum absolute atomic E-state index is 0.184. The highest BCUT2D eigenvalue weighted by molar-refractivity contribution is 7.93. The largest absolute Gasteiger partial charge is 0.494 e. The molecule has 1 saturated heterocycles. The van der Waals surface area contributed by atoms with Crippen molar-refractivity contribution in [1.29, 1.82) is 0 Å². The lowest BCUT2D eigenvalue weighted by molar-refractivity contribution is 0.102. The van der Waals surface area contributed by atoms with Crippen molar-refractivity contribution in [2.75, 3.05) is 28.5 Å². The quantitative estimate of drug-likeness (QED) is 0.842. The number of hydrogen-bond donors (Lipinski definition) is 1. The minimum Gasteiger partial charge on any atom is -0.494 e. The molecule has 1 N–H and O–H groups in total. The Kier molecular flexibility index (Phi) is 5.46. The van der Waals surface area contributed by atoms with Gasteiger partial charge in [-0.1, -0.05) is 6.92 Å². The molecule has 26 heavy (non-hydrogen) atoms. The third kappa shape index (κ3) is 4.16. The molecular weight excluding hydrogens is 352 g/mol. The van der Waals surface area contributed by atoms with E-state index >= 15 is 0 Å². The van der Waals surface area contributed by atoms with Gasteiger partial charge in [-0.2, -0.15) is 0 Å². The van der Waals surface area contributed by atoms with Crippen molar-refractivity contribution >= 4 is 27.3 Å². The Morgan fingerprint density at radius 1 is 1.12 bits per heavy atom. The van der Waals surface area contributed by atoms with Crippen LogP contribution >= 0.6 is 0 Å².